The Bertz CT molecular complexity index is 777. The van der Waals surface area contributed by atoms with Crippen LogP contribution in [0.2, 0.25) is 0 Å². The van der Waals surface area contributed by atoms with Crippen molar-refractivity contribution in [2.24, 2.45) is 11.7 Å². The quantitative estimate of drug-likeness (QED) is 0.609. The lowest BCUT2D eigenvalue weighted by Gasteiger charge is -2.31. The minimum absolute atomic E-state index is 0.00803. The first-order valence-corrected chi connectivity index (χ1v) is 8.74. The van der Waals surface area contributed by atoms with E-state index in [1.165, 1.54) is 6.07 Å². The van der Waals surface area contributed by atoms with Gasteiger partial charge in [0, 0.05) is 19.8 Å². The lowest BCUT2D eigenvalue weighted by atomic mass is 9.91. The number of amides is 1. The molecule has 2 aliphatic heterocycles. The molecule has 10 heteroatoms. The van der Waals surface area contributed by atoms with Crippen molar-refractivity contribution in [2.75, 3.05) is 13.2 Å². The smallest absolute Gasteiger partial charge is 0.385 e. The van der Waals surface area contributed by atoms with Crippen LogP contribution < -0.4 is 5.73 Å². The average Bonchev–Trinajstić information content (AvgIpc) is 3.06. The molecule has 1 aromatic rings. The number of esters is 2. The normalized spacial score (nSPS) is 21.1. The number of benzene rings is 1. The molecule has 0 aromatic heterocycles. The van der Waals surface area contributed by atoms with Crippen molar-refractivity contribution in [3.05, 3.63) is 35.4 Å². The third-order valence-electron chi connectivity index (χ3n) is 4.99. The molecule has 1 aromatic carbocycles. The summed E-state index contributed by atoms with van der Waals surface area (Å²) in [6.07, 6.45) is -4.19. The van der Waals surface area contributed by atoms with Crippen LogP contribution in [0, 0.1) is 5.92 Å². The Labute approximate surface area is 158 Å². The van der Waals surface area contributed by atoms with E-state index in [-0.39, 0.29) is 12.5 Å². The van der Waals surface area contributed by atoms with E-state index in [9.17, 15) is 27.6 Å². The molecule has 0 saturated carbocycles. The predicted molar refractivity (Wildman–Crippen MR) is 88.4 cm³/mol. The molecule has 1 fully saturated rings. The van der Waals surface area contributed by atoms with Crippen LogP contribution in [0.1, 0.15) is 30.0 Å². The van der Waals surface area contributed by atoms with Crippen LogP contribution >= 0.6 is 0 Å². The van der Waals surface area contributed by atoms with Gasteiger partial charge in [-0.2, -0.15) is 13.2 Å². The van der Waals surface area contributed by atoms with Gasteiger partial charge in [-0.1, -0.05) is 24.3 Å². The van der Waals surface area contributed by atoms with Gasteiger partial charge < -0.3 is 20.1 Å². The molecule has 0 bridgehead atoms. The molecule has 2 N–H and O–H groups in total. The topological polar surface area (TPSA) is 98.9 Å². The van der Waals surface area contributed by atoms with Crippen LogP contribution in [0.5, 0.6) is 0 Å². The van der Waals surface area contributed by atoms with E-state index in [1.807, 2.05) is 0 Å². The minimum atomic E-state index is -5.32. The number of ether oxygens (including phenoxy) is 2. The molecule has 0 aliphatic carbocycles. The van der Waals surface area contributed by atoms with Crippen LogP contribution in [0.25, 0.3) is 0 Å². The van der Waals surface area contributed by atoms with Gasteiger partial charge in [-0.25, -0.2) is 9.59 Å². The maximum absolute atomic E-state index is 13.0. The molecule has 2 aliphatic rings. The Morgan fingerprint density at radius 2 is 1.82 bits per heavy atom. The molecule has 0 spiro atoms. The Morgan fingerprint density at radius 1 is 1.18 bits per heavy atom. The first-order valence-electron chi connectivity index (χ1n) is 8.74. The number of alkyl halides is 3. The van der Waals surface area contributed by atoms with Gasteiger partial charge in [0.2, 0.25) is 5.91 Å². The highest BCUT2D eigenvalue weighted by Crippen LogP contribution is 2.36. The highest BCUT2D eigenvalue weighted by Gasteiger charge is 2.47. The van der Waals surface area contributed by atoms with Crippen molar-refractivity contribution in [3.63, 3.8) is 0 Å². The monoisotopic (exact) mass is 400 g/mol. The van der Waals surface area contributed by atoms with Crippen molar-refractivity contribution < 1.29 is 37.0 Å². The third kappa shape index (κ3) is 4.02. The first kappa shape index (κ1) is 20.3. The lowest BCUT2D eigenvalue weighted by molar-refractivity contribution is -0.203. The number of rotatable bonds is 3. The van der Waals surface area contributed by atoms with Crippen LogP contribution in [0.3, 0.4) is 0 Å². The Balaban J connectivity index is 1.84. The zero-order chi connectivity index (χ0) is 20.5. The largest absolute Gasteiger partial charge is 0.491 e. The summed E-state index contributed by atoms with van der Waals surface area (Å²) in [6, 6.07) is 4.01. The maximum Gasteiger partial charge on any atom is 0.491 e. The summed E-state index contributed by atoms with van der Waals surface area (Å²) < 4.78 is 46.7. The number of hydrogen-bond donors (Lipinski definition) is 1. The van der Waals surface area contributed by atoms with Crippen LogP contribution in [0.15, 0.2) is 24.3 Å². The summed E-state index contributed by atoms with van der Waals surface area (Å²) in [5, 5.41) is 0. The Hall–Kier alpha value is -2.46. The molecule has 1 amide bonds. The van der Waals surface area contributed by atoms with E-state index in [0.29, 0.717) is 37.2 Å². The van der Waals surface area contributed by atoms with E-state index >= 15 is 0 Å². The van der Waals surface area contributed by atoms with Crippen molar-refractivity contribution in [1.82, 2.24) is 4.90 Å². The second kappa shape index (κ2) is 7.88. The molecular formula is C18H19F3N2O5. The molecule has 0 radical (unpaired) electrons. The molecule has 1 saturated heterocycles. The van der Waals surface area contributed by atoms with Crippen molar-refractivity contribution in [1.29, 1.82) is 0 Å². The third-order valence-corrected chi connectivity index (χ3v) is 4.99. The SMILES string of the molecule is N[C@H](C(=O)N1Cc2ccccc2C1C(=O)OC(=O)C(F)(F)F)C1CCOCC1. The minimum Gasteiger partial charge on any atom is -0.385 e. The summed E-state index contributed by atoms with van der Waals surface area (Å²) in [7, 11) is 0. The summed E-state index contributed by atoms with van der Waals surface area (Å²) in [4.78, 5) is 37.5. The zero-order valence-electron chi connectivity index (χ0n) is 14.8. The fraction of sp³-hybridized carbons (Fsp3) is 0.500. The van der Waals surface area contributed by atoms with Gasteiger partial charge in [0.05, 0.1) is 6.04 Å². The summed E-state index contributed by atoms with van der Waals surface area (Å²) in [6.45, 7) is 0.904. The van der Waals surface area contributed by atoms with Crippen LogP contribution in [0.4, 0.5) is 13.2 Å². The van der Waals surface area contributed by atoms with Crippen molar-refractivity contribution in [3.8, 4) is 0 Å². The molecule has 152 valence electrons. The van der Waals surface area contributed by atoms with Gasteiger partial charge in [-0.15, -0.1) is 0 Å². The summed E-state index contributed by atoms with van der Waals surface area (Å²) in [5.41, 5.74) is 6.99. The highest BCUT2D eigenvalue weighted by atomic mass is 19.4. The fourth-order valence-electron chi connectivity index (χ4n) is 3.52. The van der Waals surface area contributed by atoms with Crippen LogP contribution in [-0.4, -0.2) is 48.2 Å². The van der Waals surface area contributed by atoms with Crippen molar-refractivity contribution in [2.45, 2.75) is 37.6 Å². The number of nitrogens with zero attached hydrogens (tertiary/aromatic N) is 1. The van der Waals surface area contributed by atoms with Gasteiger partial charge >= 0.3 is 18.1 Å². The van der Waals surface area contributed by atoms with E-state index in [0.717, 1.165) is 4.90 Å². The van der Waals surface area contributed by atoms with E-state index < -0.39 is 36.1 Å². The second-order valence-corrected chi connectivity index (χ2v) is 6.75. The number of carbonyl (C=O) groups excluding carboxylic acids is 3. The van der Waals surface area contributed by atoms with Gasteiger partial charge in [-0.3, -0.25) is 4.79 Å². The summed E-state index contributed by atoms with van der Waals surface area (Å²) >= 11 is 0. The highest BCUT2D eigenvalue weighted by molar-refractivity contribution is 5.95. The lowest BCUT2D eigenvalue weighted by Crippen LogP contribution is -2.49. The van der Waals surface area contributed by atoms with Crippen LogP contribution in [-0.2, 0) is 30.4 Å². The Kier molecular flexibility index (Phi) is 5.71. The predicted octanol–water partition coefficient (Wildman–Crippen LogP) is 1.46. The zero-order valence-corrected chi connectivity index (χ0v) is 14.8. The summed E-state index contributed by atoms with van der Waals surface area (Å²) in [5.74, 6) is -4.83. The average molecular weight is 400 g/mol. The van der Waals surface area contributed by atoms with E-state index in [2.05, 4.69) is 4.74 Å². The number of fused-ring (bicyclic) bond motifs is 1. The molecule has 2 atom stereocenters. The first-order chi connectivity index (χ1) is 13.2. The van der Waals surface area contributed by atoms with E-state index in [4.69, 9.17) is 10.5 Å². The standard InChI is InChI=1S/C18H19F3N2O5/c19-18(20,21)17(26)28-16(25)14-12-4-2-1-3-11(12)9-23(14)15(24)13(22)10-5-7-27-8-6-10/h1-4,10,13-14H,5-9,22H2/t13-,14?/m0/s1. The second-order valence-electron chi connectivity index (χ2n) is 6.75. The van der Waals surface area contributed by atoms with E-state index in [1.54, 1.807) is 18.2 Å². The van der Waals surface area contributed by atoms with Gasteiger partial charge in [0.25, 0.3) is 0 Å². The number of halogens is 3. The Morgan fingerprint density at radius 3 is 2.46 bits per heavy atom. The number of hydrogen-bond acceptors (Lipinski definition) is 6. The molecule has 2 heterocycles. The maximum atomic E-state index is 13.0. The molecular weight excluding hydrogens is 381 g/mol. The van der Waals surface area contributed by atoms with Gasteiger partial charge in [0.15, 0.2) is 6.04 Å². The number of carbonyl (C=O) groups is 3. The number of nitrogens with two attached hydrogens (primary N) is 1. The van der Waals surface area contributed by atoms with Crippen molar-refractivity contribution >= 4 is 17.8 Å². The molecule has 7 nitrogen and oxygen atoms in total. The molecule has 1 unspecified atom stereocenters. The van der Waals surface area contributed by atoms with Gasteiger partial charge in [0.1, 0.15) is 0 Å². The molecule has 3 rings (SSSR count). The molecule has 28 heavy (non-hydrogen) atoms. The fourth-order valence-corrected chi connectivity index (χ4v) is 3.52. The van der Waals surface area contributed by atoms with Gasteiger partial charge in [-0.05, 0) is 29.9 Å².